The fourth-order valence-corrected chi connectivity index (χ4v) is 8.72. The van der Waals surface area contributed by atoms with Gasteiger partial charge in [0.2, 0.25) is 0 Å². The lowest BCUT2D eigenvalue weighted by molar-refractivity contribution is 0.110. The van der Waals surface area contributed by atoms with Crippen LogP contribution >= 0.6 is 0 Å². The summed E-state index contributed by atoms with van der Waals surface area (Å²) in [5, 5.41) is 0. The van der Waals surface area contributed by atoms with E-state index in [1.54, 1.807) is 28.4 Å². The van der Waals surface area contributed by atoms with Gasteiger partial charge in [-0.05, 0) is 51.9 Å². The van der Waals surface area contributed by atoms with E-state index in [1.165, 1.54) is 12.8 Å². The molecule has 0 amide bonds. The first kappa shape index (κ1) is 26.2. The van der Waals surface area contributed by atoms with Crippen molar-refractivity contribution in [2.45, 2.75) is 76.8 Å². The van der Waals surface area contributed by atoms with Gasteiger partial charge in [-0.3, -0.25) is 4.90 Å². The smallest absolute Gasteiger partial charge is 0.352 e. The second kappa shape index (κ2) is 13.4. The van der Waals surface area contributed by atoms with Gasteiger partial charge in [0.25, 0.3) is 0 Å². The van der Waals surface area contributed by atoms with Gasteiger partial charge in [0.1, 0.15) is 0 Å². The van der Waals surface area contributed by atoms with Crippen LogP contribution in [0.25, 0.3) is 0 Å². The molecule has 26 heavy (non-hydrogen) atoms. The fourth-order valence-electron chi connectivity index (χ4n) is 3.85. The van der Waals surface area contributed by atoms with Crippen LogP contribution in [0.2, 0.25) is 13.1 Å². The van der Waals surface area contributed by atoms with Crippen molar-refractivity contribution in [1.29, 1.82) is 0 Å². The lowest BCUT2D eigenvalue weighted by Gasteiger charge is -2.47. The van der Waals surface area contributed by atoms with Crippen molar-refractivity contribution >= 4 is 17.1 Å². The van der Waals surface area contributed by atoms with E-state index in [9.17, 15) is 0 Å². The zero-order valence-electron chi connectivity index (χ0n) is 18.5. The van der Waals surface area contributed by atoms with E-state index in [0.717, 1.165) is 38.8 Å². The highest BCUT2D eigenvalue weighted by Gasteiger charge is 2.50. The number of rotatable bonds is 16. The predicted molar refractivity (Wildman–Crippen MR) is 114 cm³/mol. The highest BCUT2D eigenvalue weighted by Crippen LogP contribution is 2.28. The molecule has 0 aromatic carbocycles. The third-order valence-corrected chi connectivity index (χ3v) is 12.9. The van der Waals surface area contributed by atoms with Crippen LogP contribution in [0.3, 0.4) is 0 Å². The Morgan fingerprint density at radius 3 is 1.42 bits per heavy atom. The van der Waals surface area contributed by atoms with Crippen LogP contribution in [0.15, 0.2) is 0 Å². The van der Waals surface area contributed by atoms with E-state index in [4.69, 9.17) is 23.4 Å². The molecule has 0 bridgehead atoms. The number of nitrogens with two attached hydrogens (primary N) is 1. The minimum atomic E-state index is -2.33. The van der Waals surface area contributed by atoms with Gasteiger partial charge in [0.05, 0.1) is 11.3 Å². The van der Waals surface area contributed by atoms with E-state index >= 15 is 0 Å². The largest absolute Gasteiger partial charge is 0.397 e. The van der Waals surface area contributed by atoms with Crippen LogP contribution in [0, 0.1) is 0 Å². The Hall–Kier alpha value is 0.194. The Balaban J connectivity index is 5.61. The summed E-state index contributed by atoms with van der Waals surface area (Å²) in [5.74, 6) is 0. The quantitative estimate of drug-likeness (QED) is 0.312. The normalized spacial score (nSPS) is 15.5. The Morgan fingerprint density at radius 1 is 0.731 bits per heavy atom. The Bertz CT molecular complexity index is 330. The molecule has 0 aliphatic rings. The van der Waals surface area contributed by atoms with Crippen molar-refractivity contribution in [2.75, 3.05) is 41.5 Å². The van der Waals surface area contributed by atoms with Gasteiger partial charge in [-0.1, -0.05) is 26.7 Å². The van der Waals surface area contributed by atoms with Gasteiger partial charge in [-0.25, -0.2) is 0 Å². The highest BCUT2D eigenvalue weighted by molar-refractivity contribution is 6.69. The molecule has 2 atom stereocenters. The van der Waals surface area contributed by atoms with E-state index in [-0.39, 0.29) is 11.3 Å². The highest BCUT2D eigenvalue weighted by atomic mass is 28.4. The first-order valence-corrected chi connectivity index (χ1v) is 14.8. The first-order valence-electron chi connectivity index (χ1n) is 10.00. The van der Waals surface area contributed by atoms with Crippen LogP contribution in [0.5, 0.6) is 0 Å². The summed E-state index contributed by atoms with van der Waals surface area (Å²) in [5.41, 5.74) is 6.15. The SMILES string of the molecule is CCC(N(CCCCCCN)C(CC)[Si](C)(OC)OC)[Si](C)(OC)OC. The number of hydrogen-bond acceptors (Lipinski definition) is 6. The summed E-state index contributed by atoms with van der Waals surface area (Å²) in [6.45, 7) is 10.5. The monoisotopic (exact) mass is 408 g/mol. The second-order valence-corrected chi connectivity index (χ2v) is 14.2. The average molecular weight is 409 g/mol. The molecule has 0 fully saturated rings. The number of unbranched alkanes of at least 4 members (excludes halogenated alkanes) is 3. The van der Waals surface area contributed by atoms with Crippen molar-refractivity contribution in [2.24, 2.45) is 5.73 Å². The maximum absolute atomic E-state index is 5.93. The first-order chi connectivity index (χ1) is 12.3. The van der Waals surface area contributed by atoms with Gasteiger partial charge in [-0.15, -0.1) is 0 Å². The maximum atomic E-state index is 5.93. The predicted octanol–water partition coefficient (Wildman–Crippen LogP) is 3.17. The molecule has 0 heterocycles. The molecular weight excluding hydrogens is 364 g/mol. The molecule has 0 aromatic heterocycles. The molecular formula is C18H44N2O4Si2. The standard InChI is InChI=1S/C18H44N2O4Si2/c1-9-17(25(7,21-3)22-4)20(16-14-12-11-13-15-19)18(10-2)26(8,23-5)24-6/h17-18H,9-16,19H2,1-8H3. The Kier molecular flexibility index (Phi) is 13.5. The maximum Gasteiger partial charge on any atom is 0.352 e. The minimum Gasteiger partial charge on any atom is -0.397 e. The van der Waals surface area contributed by atoms with Gasteiger partial charge < -0.3 is 23.4 Å². The van der Waals surface area contributed by atoms with Crippen LogP contribution in [0.4, 0.5) is 0 Å². The van der Waals surface area contributed by atoms with Crippen molar-refractivity contribution in [3.8, 4) is 0 Å². The summed E-state index contributed by atoms with van der Waals surface area (Å²) in [4.78, 5) is 2.58. The van der Waals surface area contributed by atoms with Crippen LogP contribution in [0.1, 0.15) is 52.4 Å². The van der Waals surface area contributed by atoms with E-state index in [1.807, 2.05) is 0 Å². The fraction of sp³-hybridized carbons (Fsp3) is 1.00. The molecule has 0 rings (SSSR count). The molecule has 6 nitrogen and oxygen atoms in total. The zero-order valence-corrected chi connectivity index (χ0v) is 20.5. The third-order valence-electron chi connectivity index (χ3n) is 5.78. The molecule has 8 heteroatoms. The van der Waals surface area contributed by atoms with Gasteiger partial charge in [-0.2, -0.15) is 0 Å². The molecule has 158 valence electrons. The van der Waals surface area contributed by atoms with Crippen molar-refractivity contribution < 1.29 is 17.7 Å². The third kappa shape index (κ3) is 6.98. The molecule has 0 saturated carbocycles. The van der Waals surface area contributed by atoms with Gasteiger partial charge in [0.15, 0.2) is 0 Å². The van der Waals surface area contributed by atoms with Gasteiger partial charge >= 0.3 is 17.1 Å². The van der Waals surface area contributed by atoms with Gasteiger partial charge in [0, 0.05) is 28.4 Å². The van der Waals surface area contributed by atoms with Crippen molar-refractivity contribution in [1.82, 2.24) is 4.90 Å². The average Bonchev–Trinajstić information content (AvgIpc) is 2.67. The molecule has 0 aliphatic carbocycles. The zero-order chi connectivity index (χ0) is 20.2. The summed E-state index contributed by atoms with van der Waals surface area (Å²) in [6.07, 6.45) is 6.59. The lowest BCUT2D eigenvalue weighted by Crippen LogP contribution is -2.66. The molecule has 0 aromatic rings. The van der Waals surface area contributed by atoms with Crippen LogP contribution in [-0.2, 0) is 17.7 Å². The summed E-state index contributed by atoms with van der Waals surface area (Å²) < 4.78 is 23.7. The van der Waals surface area contributed by atoms with E-state index < -0.39 is 17.1 Å². The van der Waals surface area contributed by atoms with E-state index in [2.05, 4.69) is 31.8 Å². The number of nitrogens with zero attached hydrogens (tertiary/aromatic N) is 1. The summed E-state index contributed by atoms with van der Waals surface area (Å²) in [7, 11) is 2.46. The van der Waals surface area contributed by atoms with Crippen molar-refractivity contribution in [3.63, 3.8) is 0 Å². The van der Waals surface area contributed by atoms with Crippen LogP contribution < -0.4 is 5.73 Å². The second-order valence-electron chi connectivity index (χ2n) is 7.14. The summed E-state index contributed by atoms with van der Waals surface area (Å²) in [6, 6.07) is 0. The van der Waals surface area contributed by atoms with Crippen LogP contribution in [-0.4, -0.2) is 74.9 Å². The minimum absolute atomic E-state index is 0.258. The van der Waals surface area contributed by atoms with Crippen molar-refractivity contribution in [3.05, 3.63) is 0 Å². The topological polar surface area (TPSA) is 66.2 Å². The molecule has 0 spiro atoms. The molecule has 0 radical (unpaired) electrons. The molecule has 0 saturated heterocycles. The lowest BCUT2D eigenvalue weighted by atomic mass is 10.2. The molecule has 2 unspecified atom stereocenters. The Labute approximate surface area is 164 Å². The molecule has 2 N–H and O–H groups in total. The molecule has 0 aliphatic heterocycles. The summed E-state index contributed by atoms with van der Waals surface area (Å²) >= 11 is 0. The van der Waals surface area contributed by atoms with E-state index in [0.29, 0.717) is 0 Å². The number of hydrogen-bond donors (Lipinski definition) is 1. The Morgan fingerprint density at radius 2 is 1.12 bits per heavy atom.